The van der Waals surface area contributed by atoms with Gasteiger partial charge in [0.05, 0.1) is 24.7 Å². The van der Waals surface area contributed by atoms with E-state index in [0.717, 1.165) is 23.3 Å². The third-order valence-corrected chi connectivity index (χ3v) is 5.79. The van der Waals surface area contributed by atoms with Crippen molar-refractivity contribution in [3.63, 3.8) is 0 Å². The fourth-order valence-electron chi connectivity index (χ4n) is 4.32. The molecule has 1 fully saturated rings. The topological polar surface area (TPSA) is 73.7 Å². The summed E-state index contributed by atoms with van der Waals surface area (Å²) in [4.78, 5) is 27.2. The minimum absolute atomic E-state index is 0.121. The second kappa shape index (κ2) is 7.72. The van der Waals surface area contributed by atoms with E-state index >= 15 is 0 Å². The van der Waals surface area contributed by atoms with Crippen LogP contribution in [0.4, 0.5) is 13.6 Å². The molecule has 0 bridgehead atoms. The Labute approximate surface area is 184 Å². The lowest BCUT2D eigenvalue weighted by molar-refractivity contribution is -0.152. The molecule has 1 aliphatic heterocycles. The van der Waals surface area contributed by atoms with Crippen LogP contribution in [-0.4, -0.2) is 52.5 Å². The standard InChI is InChI=1S/C23H25F2N3O4/c1-22(2,3)32-21(30)27-8-7-15-9-19-14(11-23(15,13-27)20(29)31-4)12-26-28(19)16-5-6-17(24)18(25)10-16/h5-6,9-10,12H,7-8,11,13H2,1-4H3. The minimum Gasteiger partial charge on any atom is -0.468 e. The number of benzene rings is 1. The van der Waals surface area contributed by atoms with Crippen LogP contribution in [0.2, 0.25) is 0 Å². The quantitative estimate of drug-likeness (QED) is 0.656. The fraction of sp³-hybridized carbons (Fsp3) is 0.435. The molecule has 0 saturated carbocycles. The molecule has 170 valence electrons. The van der Waals surface area contributed by atoms with Gasteiger partial charge in [-0.05, 0) is 63.0 Å². The number of halogens is 2. The molecule has 9 heteroatoms. The van der Waals surface area contributed by atoms with Gasteiger partial charge < -0.3 is 14.4 Å². The van der Waals surface area contributed by atoms with Gasteiger partial charge in [0.15, 0.2) is 11.6 Å². The van der Waals surface area contributed by atoms with E-state index < -0.39 is 34.7 Å². The molecule has 1 saturated heterocycles. The number of likely N-dealkylation sites (tertiary alicyclic amines) is 1. The number of rotatable bonds is 2. The van der Waals surface area contributed by atoms with Crippen molar-refractivity contribution in [2.24, 2.45) is 5.41 Å². The first-order valence-electron chi connectivity index (χ1n) is 10.3. The monoisotopic (exact) mass is 445 g/mol. The molecule has 1 aromatic heterocycles. The zero-order valence-electron chi connectivity index (χ0n) is 18.4. The van der Waals surface area contributed by atoms with E-state index in [2.05, 4.69) is 5.10 Å². The number of hydrogen-bond acceptors (Lipinski definition) is 5. The van der Waals surface area contributed by atoms with Gasteiger partial charge in [-0.1, -0.05) is 0 Å². The van der Waals surface area contributed by atoms with Gasteiger partial charge in [0.1, 0.15) is 11.0 Å². The molecule has 0 N–H and O–H groups in total. The molecule has 0 radical (unpaired) electrons. The first kappa shape index (κ1) is 22.0. The molecular formula is C23H25F2N3O4. The zero-order valence-corrected chi connectivity index (χ0v) is 18.4. The number of piperidine rings is 1. The summed E-state index contributed by atoms with van der Waals surface area (Å²) in [5.41, 5.74) is 0.904. The van der Waals surface area contributed by atoms with Crippen molar-refractivity contribution in [1.29, 1.82) is 0 Å². The number of methoxy groups -OCH3 is 1. The summed E-state index contributed by atoms with van der Waals surface area (Å²) >= 11 is 0. The minimum atomic E-state index is -1.06. The van der Waals surface area contributed by atoms with Crippen molar-refractivity contribution in [3.05, 3.63) is 52.9 Å². The average molecular weight is 445 g/mol. The normalized spacial score (nSPS) is 20.2. The molecule has 0 spiro atoms. The summed E-state index contributed by atoms with van der Waals surface area (Å²) in [6.45, 7) is 5.87. The molecule has 32 heavy (non-hydrogen) atoms. The first-order chi connectivity index (χ1) is 15.0. The van der Waals surface area contributed by atoms with Crippen molar-refractivity contribution in [1.82, 2.24) is 14.7 Å². The molecule has 4 rings (SSSR count). The van der Waals surface area contributed by atoms with Crippen LogP contribution in [0.15, 0.2) is 30.0 Å². The van der Waals surface area contributed by atoms with Gasteiger partial charge in [-0.3, -0.25) is 4.79 Å². The Bertz CT molecular complexity index is 1120. The van der Waals surface area contributed by atoms with Crippen molar-refractivity contribution in [2.45, 2.75) is 39.2 Å². The van der Waals surface area contributed by atoms with E-state index in [1.807, 2.05) is 6.08 Å². The highest BCUT2D eigenvalue weighted by Crippen LogP contribution is 2.45. The maximum atomic E-state index is 13.8. The van der Waals surface area contributed by atoms with E-state index in [1.165, 1.54) is 22.8 Å². The van der Waals surface area contributed by atoms with Crippen LogP contribution in [0, 0.1) is 17.0 Å². The summed E-state index contributed by atoms with van der Waals surface area (Å²) in [7, 11) is 1.32. The van der Waals surface area contributed by atoms with Gasteiger partial charge in [0.2, 0.25) is 0 Å². The average Bonchev–Trinajstić information content (AvgIpc) is 3.14. The summed E-state index contributed by atoms with van der Waals surface area (Å²) in [5.74, 6) is -2.35. The molecule has 2 aromatic rings. The number of hydrogen-bond donors (Lipinski definition) is 0. The van der Waals surface area contributed by atoms with Gasteiger partial charge in [-0.15, -0.1) is 0 Å². The van der Waals surface area contributed by atoms with Crippen LogP contribution in [0.5, 0.6) is 0 Å². The first-order valence-corrected chi connectivity index (χ1v) is 10.3. The van der Waals surface area contributed by atoms with Gasteiger partial charge >= 0.3 is 12.1 Å². The maximum absolute atomic E-state index is 13.8. The highest BCUT2D eigenvalue weighted by molar-refractivity contribution is 5.86. The number of carbonyl (C=O) groups is 2. The summed E-state index contributed by atoms with van der Waals surface area (Å²) in [6.07, 6.45) is 3.67. The lowest BCUT2D eigenvalue weighted by Crippen LogP contribution is -2.54. The number of aromatic nitrogens is 2. The molecule has 2 heterocycles. The molecule has 1 aliphatic carbocycles. The smallest absolute Gasteiger partial charge is 0.410 e. The third kappa shape index (κ3) is 3.76. The number of amides is 1. The van der Waals surface area contributed by atoms with Crippen molar-refractivity contribution < 1.29 is 27.8 Å². The second-order valence-corrected chi connectivity index (χ2v) is 9.14. The number of ether oxygens (including phenoxy) is 2. The van der Waals surface area contributed by atoms with E-state index in [1.54, 1.807) is 27.0 Å². The van der Waals surface area contributed by atoms with Crippen molar-refractivity contribution >= 4 is 18.1 Å². The Morgan fingerprint density at radius 2 is 1.94 bits per heavy atom. The van der Waals surface area contributed by atoms with Gasteiger partial charge in [-0.2, -0.15) is 5.10 Å². The molecule has 2 aliphatic rings. The Balaban J connectivity index is 1.71. The van der Waals surface area contributed by atoms with Crippen LogP contribution >= 0.6 is 0 Å². The molecule has 7 nitrogen and oxygen atoms in total. The summed E-state index contributed by atoms with van der Waals surface area (Å²) < 4.78 is 39.3. The lowest BCUT2D eigenvalue weighted by Gasteiger charge is -2.44. The fourth-order valence-corrected chi connectivity index (χ4v) is 4.32. The largest absolute Gasteiger partial charge is 0.468 e. The van der Waals surface area contributed by atoms with E-state index in [0.29, 0.717) is 24.3 Å². The number of carbonyl (C=O) groups excluding carboxylic acids is 2. The lowest BCUT2D eigenvalue weighted by atomic mass is 9.68. The number of esters is 1. The highest BCUT2D eigenvalue weighted by atomic mass is 19.2. The summed E-state index contributed by atoms with van der Waals surface area (Å²) in [5, 5.41) is 4.34. The molecule has 1 atom stereocenters. The maximum Gasteiger partial charge on any atom is 0.410 e. The predicted octanol–water partition coefficient (Wildman–Crippen LogP) is 3.89. The van der Waals surface area contributed by atoms with Crippen LogP contribution < -0.4 is 0 Å². The van der Waals surface area contributed by atoms with E-state index in [4.69, 9.17) is 9.47 Å². The van der Waals surface area contributed by atoms with Gasteiger partial charge in [0.25, 0.3) is 0 Å². The molecular weight excluding hydrogens is 420 g/mol. The van der Waals surface area contributed by atoms with Crippen molar-refractivity contribution in [2.75, 3.05) is 20.2 Å². The SMILES string of the molecule is COC(=O)C12Cc3cnn(-c4ccc(F)c(F)c4)c3C=C1CCN(C(=O)OC(C)(C)C)C2. The summed E-state index contributed by atoms with van der Waals surface area (Å²) in [6, 6.07) is 3.57. The Hall–Kier alpha value is -3.23. The zero-order chi connectivity index (χ0) is 23.3. The molecule has 1 aromatic carbocycles. The van der Waals surface area contributed by atoms with E-state index in [-0.39, 0.29) is 13.0 Å². The Kier molecular flexibility index (Phi) is 5.30. The molecule has 1 unspecified atom stereocenters. The van der Waals surface area contributed by atoms with Crippen LogP contribution in [0.3, 0.4) is 0 Å². The number of fused-ring (bicyclic) bond motifs is 2. The highest BCUT2D eigenvalue weighted by Gasteiger charge is 2.51. The van der Waals surface area contributed by atoms with Crippen molar-refractivity contribution in [3.8, 4) is 5.69 Å². The van der Waals surface area contributed by atoms with E-state index in [9.17, 15) is 18.4 Å². The van der Waals surface area contributed by atoms with Crippen LogP contribution in [0.25, 0.3) is 11.8 Å². The van der Waals surface area contributed by atoms with Gasteiger partial charge in [0, 0.05) is 19.2 Å². The predicted molar refractivity (Wildman–Crippen MR) is 112 cm³/mol. The van der Waals surface area contributed by atoms with Crippen LogP contribution in [-0.2, 0) is 20.7 Å². The van der Waals surface area contributed by atoms with Gasteiger partial charge in [-0.25, -0.2) is 18.3 Å². The number of nitrogens with zero attached hydrogens (tertiary/aromatic N) is 3. The Morgan fingerprint density at radius 1 is 1.19 bits per heavy atom. The Morgan fingerprint density at radius 3 is 2.59 bits per heavy atom. The van der Waals surface area contributed by atoms with Crippen LogP contribution in [0.1, 0.15) is 38.4 Å². The second-order valence-electron chi connectivity index (χ2n) is 9.14. The third-order valence-electron chi connectivity index (χ3n) is 5.79. The molecule has 1 amide bonds.